The van der Waals surface area contributed by atoms with E-state index in [9.17, 15) is 0 Å². The van der Waals surface area contributed by atoms with Crippen molar-refractivity contribution in [3.8, 4) is 0 Å². The maximum atomic E-state index is 5.82. The van der Waals surface area contributed by atoms with Crippen LogP contribution in [0.25, 0.3) is 10.8 Å². The standard InChI is InChI=1S/C18H17N/c19-13-17-8-4-7-16-10-9-15(12-18(16)17)11-14-5-2-1-3-6-14/h1-10,12H,11,13,19H2. The zero-order valence-corrected chi connectivity index (χ0v) is 10.8. The van der Waals surface area contributed by atoms with E-state index in [1.54, 1.807) is 0 Å². The van der Waals surface area contributed by atoms with Crippen LogP contribution in [0.1, 0.15) is 16.7 Å². The van der Waals surface area contributed by atoms with Gasteiger partial charge in [0.25, 0.3) is 0 Å². The topological polar surface area (TPSA) is 26.0 Å². The SMILES string of the molecule is NCc1cccc2ccc(Cc3ccccc3)cc12. The highest BCUT2D eigenvalue weighted by Crippen LogP contribution is 2.21. The summed E-state index contributed by atoms with van der Waals surface area (Å²) in [5.74, 6) is 0. The van der Waals surface area contributed by atoms with Crippen molar-refractivity contribution in [2.45, 2.75) is 13.0 Å². The molecule has 0 bridgehead atoms. The zero-order valence-electron chi connectivity index (χ0n) is 10.8. The molecule has 1 heteroatoms. The molecule has 3 aromatic carbocycles. The number of fused-ring (bicyclic) bond motifs is 1. The molecule has 0 radical (unpaired) electrons. The van der Waals surface area contributed by atoms with Crippen LogP contribution in [0.2, 0.25) is 0 Å². The van der Waals surface area contributed by atoms with Crippen molar-refractivity contribution < 1.29 is 0 Å². The van der Waals surface area contributed by atoms with Crippen molar-refractivity contribution in [3.63, 3.8) is 0 Å². The smallest absolute Gasteiger partial charge is 0.0184 e. The summed E-state index contributed by atoms with van der Waals surface area (Å²) in [4.78, 5) is 0. The fraction of sp³-hybridized carbons (Fsp3) is 0.111. The van der Waals surface area contributed by atoms with Crippen molar-refractivity contribution in [2.75, 3.05) is 0 Å². The van der Waals surface area contributed by atoms with Crippen LogP contribution in [0.3, 0.4) is 0 Å². The molecular formula is C18H17N. The molecule has 0 spiro atoms. The van der Waals surface area contributed by atoms with Gasteiger partial charge in [0, 0.05) is 6.54 Å². The third-order valence-electron chi connectivity index (χ3n) is 3.51. The fourth-order valence-corrected chi connectivity index (χ4v) is 2.50. The van der Waals surface area contributed by atoms with Crippen LogP contribution in [-0.4, -0.2) is 0 Å². The third kappa shape index (κ3) is 2.51. The summed E-state index contributed by atoms with van der Waals surface area (Å²) in [6.07, 6.45) is 0.968. The molecule has 0 aliphatic rings. The normalized spacial score (nSPS) is 10.8. The summed E-state index contributed by atoms with van der Waals surface area (Å²) < 4.78 is 0. The van der Waals surface area contributed by atoms with E-state index in [0.717, 1.165) is 6.42 Å². The molecule has 1 nitrogen and oxygen atoms in total. The van der Waals surface area contributed by atoms with Gasteiger partial charge in [-0.1, -0.05) is 66.7 Å². The first-order valence-corrected chi connectivity index (χ1v) is 6.61. The van der Waals surface area contributed by atoms with Gasteiger partial charge in [0.05, 0.1) is 0 Å². The first-order chi connectivity index (χ1) is 9.36. The average molecular weight is 247 g/mol. The van der Waals surface area contributed by atoms with Crippen LogP contribution in [0.4, 0.5) is 0 Å². The summed E-state index contributed by atoms with van der Waals surface area (Å²) in [6, 6.07) is 23.5. The molecule has 0 aromatic heterocycles. The van der Waals surface area contributed by atoms with E-state index in [-0.39, 0.29) is 0 Å². The zero-order chi connectivity index (χ0) is 13.1. The molecule has 0 saturated carbocycles. The van der Waals surface area contributed by atoms with Crippen LogP contribution >= 0.6 is 0 Å². The maximum Gasteiger partial charge on any atom is 0.0184 e. The lowest BCUT2D eigenvalue weighted by Crippen LogP contribution is -1.97. The van der Waals surface area contributed by atoms with E-state index in [1.807, 2.05) is 0 Å². The Hall–Kier alpha value is -2.12. The van der Waals surface area contributed by atoms with Crippen molar-refractivity contribution in [1.29, 1.82) is 0 Å². The molecule has 3 aromatic rings. The highest BCUT2D eigenvalue weighted by Gasteiger charge is 2.02. The first-order valence-electron chi connectivity index (χ1n) is 6.61. The minimum Gasteiger partial charge on any atom is -0.326 e. The number of hydrogen-bond acceptors (Lipinski definition) is 1. The molecule has 0 aliphatic heterocycles. The van der Waals surface area contributed by atoms with Crippen LogP contribution < -0.4 is 5.73 Å². The van der Waals surface area contributed by atoms with E-state index in [2.05, 4.69) is 66.7 Å². The van der Waals surface area contributed by atoms with Gasteiger partial charge >= 0.3 is 0 Å². The van der Waals surface area contributed by atoms with E-state index in [1.165, 1.54) is 27.5 Å². The molecule has 0 amide bonds. The highest BCUT2D eigenvalue weighted by molar-refractivity contribution is 5.86. The molecule has 0 aliphatic carbocycles. The number of rotatable bonds is 3. The minimum absolute atomic E-state index is 0.589. The number of nitrogens with two attached hydrogens (primary N) is 1. The monoisotopic (exact) mass is 247 g/mol. The molecule has 0 atom stereocenters. The summed E-state index contributed by atoms with van der Waals surface area (Å²) >= 11 is 0. The van der Waals surface area contributed by atoms with Crippen LogP contribution in [0.15, 0.2) is 66.7 Å². The first kappa shape index (κ1) is 11.9. The Kier molecular flexibility index (Phi) is 3.30. The lowest BCUT2D eigenvalue weighted by atomic mass is 9.98. The van der Waals surface area contributed by atoms with Gasteiger partial charge in [0.1, 0.15) is 0 Å². The Labute approximate surface area is 113 Å². The van der Waals surface area contributed by atoms with Gasteiger partial charge in [-0.2, -0.15) is 0 Å². The highest BCUT2D eigenvalue weighted by atomic mass is 14.5. The van der Waals surface area contributed by atoms with Gasteiger partial charge in [-0.3, -0.25) is 0 Å². The third-order valence-corrected chi connectivity index (χ3v) is 3.51. The van der Waals surface area contributed by atoms with Crippen molar-refractivity contribution in [2.24, 2.45) is 5.73 Å². The summed E-state index contributed by atoms with van der Waals surface area (Å²) in [7, 11) is 0. The second kappa shape index (κ2) is 5.25. The van der Waals surface area contributed by atoms with E-state index < -0.39 is 0 Å². The van der Waals surface area contributed by atoms with Gasteiger partial charge in [-0.15, -0.1) is 0 Å². The largest absolute Gasteiger partial charge is 0.326 e. The Morgan fingerprint density at radius 3 is 2.37 bits per heavy atom. The lowest BCUT2D eigenvalue weighted by Gasteiger charge is -2.07. The molecule has 0 saturated heterocycles. The molecule has 19 heavy (non-hydrogen) atoms. The number of hydrogen-bond donors (Lipinski definition) is 1. The van der Waals surface area contributed by atoms with Gasteiger partial charge in [-0.05, 0) is 33.9 Å². The molecule has 0 heterocycles. The number of benzene rings is 3. The van der Waals surface area contributed by atoms with Crippen molar-refractivity contribution in [1.82, 2.24) is 0 Å². The Morgan fingerprint density at radius 2 is 1.58 bits per heavy atom. The Morgan fingerprint density at radius 1 is 0.737 bits per heavy atom. The maximum absolute atomic E-state index is 5.82. The van der Waals surface area contributed by atoms with Crippen LogP contribution in [-0.2, 0) is 13.0 Å². The van der Waals surface area contributed by atoms with Gasteiger partial charge in [0.15, 0.2) is 0 Å². The van der Waals surface area contributed by atoms with Crippen molar-refractivity contribution >= 4 is 10.8 Å². The lowest BCUT2D eigenvalue weighted by molar-refractivity contribution is 1.08. The molecule has 0 unspecified atom stereocenters. The fourth-order valence-electron chi connectivity index (χ4n) is 2.50. The Balaban J connectivity index is 2.01. The Bertz CT molecular complexity index is 686. The average Bonchev–Trinajstić information content (AvgIpc) is 2.47. The summed E-state index contributed by atoms with van der Waals surface area (Å²) in [5, 5.41) is 2.54. The molecule has 94 valence electrons. The van der Waals surface area contributed by atoms with Gasteiger partial charge in [0.2, 0.25) is 0 Å². The molecule has 2 N–H and O–H groups in total. The van der Waals surface area contributed by atoms with E-state index >= 15 is 0 Å². The van der Waals surface area contributed by atoms with Gasteiger partial charge in [-0.25, -0.2) is 0 Å². The second-order valence-electron chi connectivity index (χ2n) is 4.84. The van der Waals surface area contributed by atoms with E-state index in [0.29, 0.717) is 6.54 Å². The van der Waals surface area contributed by atoms with Crippen LogP contribution in [0, 0.1) is 0 Å². The summed E-state index contributed by atoms with van der Waals surface area (Å²) in [6.45, 7) is 0.589. The van der Waals surface area contributed by atoms with Crippen molar-refractivity contribution in [3.05, 3.63) is 83.4 Å². The predicted octanol–water partition coefficient (Wildman–Crippen LogP) is 3.89. The van der Waals surface area contributed by atoms with Gasteiger partial charge < -0.3 is 5.73 Å². The minimum atomic E-state index is 0.589. The van der Waals surface area contributed by atoms with E-state index in [4.69, 9.17) is 5.73 Å². The molecule has 0 fully saturated rings. The molecule has 3 rings (SSSR count). The quantitative estimate of drug-likeness (QED) is 0.746. The predicted molar refractivity (Wildman–Crippen MR) is 81.1 cm³/mol. The van der Waals surface area contributed by atoms with Crippen LogP contribution in [0.5, 0.6) is 0 Å². The molecular weight excluding hydrogens is 230 g/mol. The second-order valence-corrected chi connectivity index (χ2v) is 4.84. The summed E-state index contributed by atoms with van der Waals surface area (Å²) in [5.41, 5.74) is 9.71.